The molecule has 0 fully saturated rings. The Morgan fingerprint density at radius 2 is 1.43 bits per heavy atom. The van der Waals surface area contributed by atoms with Gasteiger partial charge in [0.15, 0.2) is 0 Å². The molecule has 0 aliphatic carbocycles. The highest BCUT2D eigenvalue weighted by Crippen LogP contribution is 2.34. The maximum Gasteiger partial charge on any atom is 0.345 e. The van der Waals surface area contributed by atoms with Crippen LogP contribution in [0.25, 0.3) is 0 Å². The van der Waals surface area contributed by atoms with Crippen molar-refractivity contribution in [2.24, 2.45) is 0 Å². The molecule has 0 spiro atoms. The molecule has 4 heteroatoms. The predicted molar refractivity (Wildman–Crippen MR) is 84.8 cm³/mol. The van der Waals surface area contributed by atoms with Crippen molar-refractivity contribution in [1.29, 1.82) is 0 Å². The van der Waals surface area contributed by atoms with Gasteiger partial charge in [-0.25, -0.2) is 4.79 Å². The van der Waals surface area contributed by atoms with E-state index in [2.05, 4.69) is 0 Å². The third kappa shape index (κ3) is 3.43. The van der Waals surface area contributed by atoms with Crippen LogP contribution < -0.4 is 0 Å². The second-order valence-corrected chi connectivity index (χ2v) is 4.57. The largest absolute Gasteiger partial charge is 0.479 e. The third-order valence-electron chi connectivity index (χ3n) is 3.18. The Morgan fingerprint density at radius 1 is 1.00 bits per heavy atom. The number of hydrogen-bond acceptors (Lipinski definition) is 2. The molecule has 0 radical (unpaired) electrons. The molecule has 0 saturated heterocycles. The molecule has 0 aliphatic heterocycles. The summed E-state index contributed by atoms with van der Waals surface area (Å²) in [6.45, 7) is 2.35. The minimum Gasteiger partial charge on any atom is -0.479 e. The summed E-state index contributed by atoms with van der Waals surface area (Å²) in [7, 11) is 0. The second-order valence-electron chi connectivity index (χ2n) is 4.57. The molecule has 0 amide bonds. The van der Waals surface area contributed by atoms with E-state index in [1.54, 1.807) is 24.3 Å². The monoisotopic (exact) mass is 306 g/mol. The van der Waals surface area contributed by atoms with Crippen LogP contribution in [0, 0.1) is 0 Å². The van der Waals surface area contributed by atoms with Gasteiger partial charge in [0.1, 0.15) is 0 Å². The van der Waals surface area contributed by atoms with Gasteiger partial charge in [-0.2, -0.15) is 0 Å². The molecule has 0 aliphatic rings. The number of ether oxygens (including phenoxy) is 1. The van der Waals surface area contributed by atoms with Gasteiger partial charge in [0.25, 0.3) is 0 Å². The van der Waals surface area contributed by atoms with Gasteiger partial charge in [0, 0.05) is 6.61 Å². The lowest BCUT2D eigenvalue weighted by molar-refractivity contribution is -0.161. The van der Waals surface area contributed by atoms with Crippen LogP contribution in [-0.2, 0) is 15.1 Å². The summed E-state index contributed by atoms with van der Waals surface area (Å²) in [5.41, 5.74) is -0.183. The molecule has 0 aromatic heterocycles. The van der Waals surface area contributed by atoms with Crippen LogP contribution in [0.15, 0.2) is 60.7 Å². The van der Waals surface area contributed by atoms with Crippen LogP contribution in [0.2, 0.25) is 0 Å². The van der Waals surface area contributed by atoms with Gasteiger partial charge >= 0.3 is 5.97 Å². The molecule has 3 nitrogen and oxygen atoms in total. The highest BCUT2D eigenvalue weighted by molar-refractivity contribution is 5.85. The number of hydrogen-bond donors (Lipinski definition) is 1. The number of carbonyl (C=O) groups is 1. The van der Waals surface area contributed by atoms with E-state index in [1.165, 1.54) is 0 Å². The number of carboxylic acids is 1. The Morgan fingerprint density at radius 3 is 1.76 bits per heavy atom. The smallest absolute Gasteiger partial charge is 0.345 e. The molecule has 21 heavy (non-hydrogen) atoms. The maximum atomic E-state index is 12.0. The number of aliphatic carboxylic acids is 1. The average Bonchev–Trinajstić information content (AvgIpc) is 2.50. The topological polar surface area (TPSA) is 46.5 Å². The molecular weight excluding hydrogens is 288 g/mol. The van der Waals surface area contributed by atoms with Crippen LogP contribution >= 0.6 is 12.4 Å². The van der Waals surface area contributed by atoms with Crippen LogP contribution in [0.3, 0.4) is 0 Å². The average molecular weight is 307 g/mol. The normalized spacial score (nSPS) is 10.7. The van der Waals surface area contributed by atoms with Gasteiger partial charge in [-0.05, 0) is 17.5 Å². The van der Waals surface area contributed by atoms with E-state index in [0.29, 0.717) is 17.7 Å². The summed E-state index contributed by atoms with van der Waals surface area (Å²) in [6, 6.07) is 18.2. The molecular formula is C17H19ClO3. The van der Waals surface area contributed by atoms with Crippen molar-refractivity contribution in [2.75, 3.05) is 6.61 Å². The fourth-order valence-electron chi connectivity index (χ4n) is 2.24. The molecule has 1 N–H and O–H groups in total. The zero-order chi connectivity index (χ0) is 14.4. The van der Waals surface area contributed by atoms with E-state index in [1.807, 2.05) is 43.3 Å². The van der Waals surface area contributed by atoms with Crippen molar-refractivity contribution in [3.05, 3.63) is 71.8 Å². The van der Waals surface area contributed by atoms with Crippen LogP contribution in [0.1, 0.15) is 24.5 Å². The predicted octanol–water partition coefficient (Wildman–Crippen LogP) is 3.86. The van der Waals surface area contributed by atoms with Crippen LogP contribution in [0.4, 0.5) is 0 Å². The molecule has 2 rings (SSSR count). The Labute approximate surface area is 131 Å². The Balaban J connectivity index is 0.00000220. The van der Waals surface area contributed by atoms with Gasteiger partial charge in [-0.15, -0.1) is 12.4 Å². The summed E-state index contributed by atoms with van der Waals surface area (Å²) in [4.78, 5) is 12.0. The SMILES string of the molecule is CCCOC(C(=O)O)(c1ccccc1)c1ccccc1.Cl. The zero-order valence-electron chi connectivity index (χ0n) is 11.9. The lowest BCUT2D eigenvalue weighted by Gasteiger charge is -2.30. The van der Waals surface area contributed by atoms with Crippen LogP contribution in [0.5, 0.6) is 0 Å². The van der Waals surface area contributed by atoms with Gasteiger partial charge in [-0.3, -0.25) is 0 Å². The molecule has 112 valence electrons. The first kappa shape index (κ1) is 17.2. The minimum atomic E-state index is -1.45. The lowest BCUT2D eigenvalue weighted by atomic mass is 9.86. The molecule has 0 atom stereocenters. The molecule has 0 saturated carbocycles. The number of carboxylic acid groups (broad SMARTS) is 1. The maximum absolute atomic E-state index is 12.0. The van der Waals surface area contributed by atoms with E-state index in [4.69, 9.17) is 4.74 Å². The number of benzene rings is 2. The van der Waals surface area contributed by atoms with E-state index in [-0.39, 0.29) is 12.4 Å². The first-order valence-corrected chi connectivity index (χ1v) is 6.70. The van der Waals surface area contributed by atoms with Crippen LogP contribution in [-0.4, -0.2) is 17.7 Å². The van der Waals surface area contributed by atoms with Gasteiger partial charge in [0.05, 0.1) is 0 Å². The highest BCUT2D eigenvalue weighted by atomic mass is 35.5. The van der Waals surface area contributed by atoms with E-state index < -0.39 is 11.6 Å². The summed E-state index contributed by atoms with van der Waals surface area (Å²) in [5.74, 6) is -0.997. The first-order valence-electron chi connectivity index (χ1n) is 6.70. The standard InChI is InChI=1S/C17H18O3.ClH/c1-2-13-20-17(16(18)19,14-9-5-3-6-10-14)15-11-7-4-8-12-15;/h3-12H,2,13H2,1H3,(H,18,19);1H. The van der Waals surface area contributed by atoms with Gasteiger partial charge < -0.3 is 9.84 Å². The van der Waals surface area contributed by atoms with Crippen molar-refractivity contribution >= 4 is 18.4 Å². The molecule has 2 aromatic rings. The fraction of sp³-hybridized carbons (Fsp3) is 0.235. The van der Waals surface area contributed by atoms with Gasteiger partial charge in [0.2, 0.25) is 5.60 Å². The minimum absolute atomic E-state index is 0. The summed E-state index contributed by atoms with van der Waals surface area (Å²) >= 11 is 0. The van der Waals surface area contributed by atoms with Crippen molar-refractivity contribution < 1.29 is 14.6 Å². The summed E-state index contributed by atoms with van der Waals surface area (Å²) in [6.07, 6.45) is 0.759. The van der Waals surface area contributed by atoms with Crippen molar-refractivity contribution in [2.45, 2.75) is 18.9 Å². The van der Waals surface area contributed by atoms with E-state index >= 15 is 0 Å². The Kier molecular flexibility index (Phi) is 6.40. The molecule has 2 aromatic carbocycles. The molecule has 0 bridgehead atoms. The van der Waals surface area contributed by atoms with E-state index in [0.717, 1.165) is 6.42 Å². The fourth-order valence-corrected chi connectivity index (χ4v) is 2.24. The highest BCUT2D eigenvalue weighted by Gasteiger charge is 2.43. The number of rotatable bonds is 6. The van der Waals surface area contributed by atoms with E-state index in [9.17, 15) is 9.90 Å². The third-order valence-corrected chi connectivity index (χ3v) is 3.18. The first-order chi connectivity index (χ1) is 9.71. The second kappa shape index (κ2) is 7.81. The Hall–Kier alpha value is -1.84. The van der Waals surface area contributed by atoms with Crippen molar-refractivity contribution in [3.63, 3.8) is 0 Å². The summed E-state index contributed by atoms with van der Waals surface area (Å²) in [5, 5.41) is 9.83. The van der Waals surface area contributed by atoms with Crippen molar-refractivity contribution in [3.8, 4) is 0 Å². The molecule has 0 unspecified atom stereocenters. The quantitative estimate of drug-likeness (QED) is 0.881. The molecule has 0 heterocycles. The zero-order valence-corrected chi connectivity index (χ0v) is 12.7. The lowest BCUT2D eigenvalue weighted by Crippen LogP contribution is -2.40. The van der Waals surface area contributed by atoms with Crippen molar-refractivity contribution in [1.82, 2.24) is 0 Å². The number of halogens is 1. The summed E-state index contributed by atoms with van der Waals surface area (Å²) < 4.78 is 5.81. The Bertz CT molecular complexity index is 515. The van der Waals surface area contributed by atoms with Gasteiger partial charge in [-0.1, -0.05) is 67.6 Å².